The quantitative estimate of drug-likeness (QED) is 0.796. The fraction of sp³-hybridized carbons (Fsp3) is 0.368. The number of sulfonamides is 2. The van der Waals surface area contributed by atoms with Gasteiger partial charge in [0, 0.05) is 13.1 Å². The number of hydrogen-bond acceptors (Lipinski definition) is 4. The van der Waals surface area contributed by atoms with Crippen LogP contribution in [-0.2, 0) is 25.8 Å². The van der Waals surface area contributed by atoms with Gasteiger partial charge in [0.1, 0.15) is 0 Å². The van der Waals surface area contributed by atoms with Gasteiger partial charge in [0.15, 0.2) is 0 Å². The Morgan fingerprint density at radius 3 is 2.26 bits per heavy atom. The van der Waals surface area contributed by atoms with Gasteiger partial charge in [0.05, 0.1) is 16.3 Å². The van der Waals surface area contributed by atoms with E-state index in [4.69, 9.17) is 0 Å². The van der Waals surface area contributed by atoms with Crippen molar-refractivity contribution < 1.29 is 16.8 Å². The van der Waals surface area contributed by atoms with E-state index in [0.717, 1.165) is 19.3 Å². The van der Waals surface area contributed by atoms with Gasteiger partial charge in [-0.25, -0.2) is 16.8 Å². The van der Waals surface area contributed by atoms with E-state index in [0.29, 0.717) is 29.9 Å². The van der Waals surface area contributed by atoms with Crippen LogP contribution in [0.25, 0.3) is 0 Å². The van der Waals surface area contributed by atoms with Crippen LogP contribution in [0.4, 0.5) is 5.69 Å². The SMILES string of the molecule is Cc1ccc(S(=O)(=O)N2CCCCC2)cc1NS(=O)(=O)Cc1ccccc1. The smallest absolute Gasteiger partial charge is 0.243 e. The molecular weight excluding hydrogens is 384 g/mol. The largest absolute Gasteiger partial charge is 0.283 e. The van der Waals surface area contributed by atoms with E-state index in [1.165, 1.54) is 16.4 Å². The van der Waals surface area contributed by atoms with Crippen LogP contribution in [0.1, 0.15) is 30.4 Å². The van der Waals surface area contributed by atoms with Gasteiger partial charge in [-0.2, -0.15) is 4.31 Å². The number of rotatable bonds is 6. The molecular formula is C19H24N2O4S2. The molecule has 0 spiro atoms. The maximum absolute atomic E-state index is 12.9. The first-order valence-corrected chi connectivity index (χ1v) is 12.0. The third kappa shape index (κ3) is 4.88. The summed E-state index contributed by atoms with van der Waals surface area (Å²) in [7, 11) is -7.27. The van der Waals surface area contributed by atoms with Crippen molar-refractivity contribution in [3.63, 3.8) is 0 Å². The minimum atomic E-state index is -3.66. The number of nitrogens with zero attached hydrogens (tertiary/aromatic N) is 1. The second-order valence-electron chi connectivity index (χ2n) is 6.79. The highest BCUT2D eigenvalue weighted by Gasteiger charge is 2.26. The van der Waals surface area contributed by atoms with Crippen molar-refractivity contribution in [3.05, 3.63) is 59.7 Å². The maximum atomic E-state index is 12.9. The Morgan fingerprint density at radius 2 is 1.59 bits per heavy atom. The van der Waals surface area contributed by atoms with Gasteiger partial charge in [-0.05, 0) is 43.0 Å². The van der Waals surface area contributed by atoms with Crippen molar-refractivity contribution in [2.45, 2.75) is 36.8 Å². The number of hydrogen-bond donors (Lipinski definition) is 1. The van der Waals surface area contributed by atoms with Gasteiger partial charge in [0.25, 0.3) is 0 Å². The zero-order chi connectivity index (χ0) is 19.5. The highest BCUT2D eigenvalue weighted by Crippen LogP contribution is 2.26. The molecule has 0 radical (unpaired) electrons. The van der Waals surface area contributed by atoms with Gasteiger partial charge in [-0.15, -0.1) is 0 Å². The molecule has 2 aromatic carbocycles. The summed E-state index contributed by atoms with van der Waals surface area (Å²) in [5, 5.41) is 0. The molecule has 8 heteroatoms. The van der Waals surface area contributed by atoms with Gasteiger partial charge >= 0.3 is 0 Å². The Labute approximate surface area is 161 Å². The van der Waals surface area contributed by atoms with E-state index < -0.39 is 20.0 Å². The average molecular weight is 409 g/mol. The first kappa shape index (κ1) is 19.9. The molecule has 3 rings (SSSR count). The Bertz CT molecular complexity index is 997. The summed E-state index contributed by atoms with van der Waals surface area (Å²) in [6.07, 6.45) is 2.73. The fourth-order valence-electron chi connectivity index (χ4n) is 3.12. The molecule has 0 unspecified atom stereocenters. The van der Waals surface area contributed by atoms with E-state index in [-0.39, 0.29) is 10.6 Å². The molecule has 2 aromatic rings. The van der Waals surface area contributed by atoms with Crippen LogP contribution in [0, 0.1) is 6.92 Å². The standard InChI is InChI=1S/C19H24N2O4S2/c1-16-10-11-18(27(24,25)21-12-6-3-7-13-21)14-19(16)20-26(22,23)15-17-8-4-2-5-9-17/h2,4-5,8-11,14,20H,3,6-7,12-13,15H2,1H3. The molecule has 0 aromatic heterocycles. The summed E-state index contributed by atoms with van der Waals surface area (Å²) in [5.41, 5.74) is 1.63. The molecule has 1 aliphatic rings. The number of aryl methyl sites for hydroxylation is 1. The van der Waals surface area contributed by atoms with Gasteiger partial charge in [-0.1, -0.05) is 42.8 Å². The van der Waals surface area contributed by atoms with Crippen molar-refractivity contribution in [2.75, 3.05) is 17.8 Å². The highest BCUT2D eigenvalue weighted by atomic mass is 32.2. The Balaban J connectivity index is 1.85. The molecule has 0 amide bonds. The maximum Gasteiger partial charge on any atom is 0.243 e. The summed E-state index contributed by atoms with van der Waals surface area (Å²) in [5.74, 6) is -0.170. The lowest BCUT2D eigenvalue weighted by Gasteiger charge is -2.26. The van der Waals surface area contributed by atoms with E-state index in [9.17, 15) is 16.8 Å². The van der Waals surface area contributed by atoms with Crippen molar-refractivity contribution in [3.8, 4) is 0 Å². The summed E-state index contributed by atoms with van der Waals surface area (Å²) in [6, 6.07) is 13.5. The molecule has 6 nitrogen and oxygen atoms in total. The first-order chi connectivity index (χ1) is 12.8. The predicted molar refractivity (Wildman–Crippen MR) is 106 cm³/mol. The first-order valence-electron chi connectivity index (χ1n) is 8.93. The van der Waals surface area contributed by atoms with Crippen molar-refractivity contribution in [1.29, 1.82) is 0 Å². The van der Waals surface area contributed by atoms with Crippen LogP contribution in [0.2, 0.25) is 0 Å². The Kier molecular flexibility index (Phi) is 5.88. The molecule has 1 saturated heterocycles. The van der Waals surface area contributed by atoms with E-state index in [2.05, 4.69) is 4.72 Å². The lowest BCUT2D eigenvalue weighted by Crippen LogP contribution is -2.35. The molecule has 1 heterocycles. The third-order valence-corrected chi connectivity index (χ3v) is 7.77. The number of nitrogens with one attached hydrogen (secondary N) is 1. The summed E-state index contributed by atoms with van der Waals surface area (Å²) in [4.78, 5) is 0.118. The minimum absolute atomic E-state index is 0.118. The van der Waals surface area contributed by atoms with Crippen LogP contribution in [0.3, 0.4) is 0 Å². The summed E-state index contributed by atoms with van der Waals surface area (Å²) in [6.45, 7) is 2.76. The van der Waals surface area contributed by atoms with E-state index in [1.54, 1.807) is 37.3 Å². The molecule has 1 N–H and O–H groups in total. The van der Waals surface area contributed by atoms with Crippen LogP contribution in [0.5, 0.6) is 0 Å². The number of benzene rings is 2. The van der Waals surface area contributed by atoms with Gasteiger partial charge in [-0.3, -0.25) is 4.72 Å². The van der Waals surface area contributed by atoms with Crippen LogP contribution in [-0.4, -0.2) is 34.2 Å². The molecule has 0 atom stereocenters. The zero-order valence-corrected chi connectivity index (χ0v) is 16.9. The second kappa shape index (κ2) is 8.00. The van der Waals surface area contributed by atoms with E-state index >= 15 is 0 Å². The van der Waals surface area contributed by atoms with Crippen LogP contribution in [0.15, 0.2) is 53.4 Å². The van der Waals surface area contributed by atoms with Crippen LogP contribution >= 0.6 is 0 Å². The van der Waals surface area contributed by atoms with Gasteiger partial charge in [0.2, 0.25) is 20.0 Å². The Morgan fingerprint density at radius 1 is 0.926 bits per heavy atom. The highest BCUT2D eigenvalue weighted by molar-refractivity contribution is 7.92. The minimum Gasteiger partial charge on any atom is -0.283 e. The van der Waals surface area contributed by atoms with E-state index in [1.807, 2.05) is 6.07 Å². The zero-order valence-electron chi connectivity index (χ0n) is 15.3. The fourth-order valence-corrected chi connectivity index (χ4v) is 5.93. The molecule has 0 aliphatic carbocycles. The molecule has 1 fully saturated rings. The van der Waals surface area contributed by atoms with Crippen molar-refractivity contribution in [2.24, 2.45) is 0 Å². The normalized spacial score (nSPS) is 16.2. The topological polar surface area (TPSA) is 83.6 Å². The molecule has 1 aliphatic heterocycles. The van der Waals surface area contributed by atoms with Crippen LogP contribution < -0.4 is 4.72 Å². The molecule has 146 valence electrons. The lowest BCUT2D eigenvalue weighted by atomic mass is 10.2. The molecule has 0 saturated carbocycles. The van der Waals surface area contributed by atoms with Crippen molar-refractivity contribution >= 4 is 25.7 Å². The molecule has 0 bridgehead atoms. The third-order valence-electron chi connectivity index (χ3n) is 4.63. The number of piperidine rings is 1. The number of anilines is 1. The monoisotopic (exact) mass is 408 g/mol. The van der Waals surface area contributed by atoms with Gasteiger partial charge < -0.3 is 0 Å². The second-order valence-corrected chi connectivity index (χ2v) is 10.4. The lowest BCUT2D eigenvalue weighted by molar-refractivity contribution is 0.346. The summed E-state index contributed by atoms with van der Waals surface area (Å²) < 4.78 is 54.8. The predicted octanol–water partition coefficient (Wildman–Crippen LogP) is 3.11. The molecule has 27 heavy (non-hydrogen) atoms. The Hall–Kier alpha value is -1.90. The summed E-state index contributed by atoms with van der Waals surface area (Å²) >= 11 is 0. The van der Waals surface area contributed by atoms with Crippen molar-refractivity contribution in [1.82, 2.24) is 4.31 Å². The average Bonchev–Trinajstić information content (AvgIpc) is 2.64.